The number of methoxy groups -OCH3 is 1. The van der Waals surface area contributed by atoms with E-state index in [9.17, 15) is 4.79 Å². The predicted octanol–water partition coefficient (Wildman–Crippen LogP) is 1.01. The second-order valence-corrected chi connectivity index (χ2v) is 2.42. The first-order valence-electron chi connectivity index (χ1n) is 3.18. The normalized spacial score (nSPS) is 23.3. The molecule has 1 N–H and O–H groups in total. The summed E-state index contributed by atoms with van der Waals surface area (Å²) in [6, 6.07) is 0. The van der Waals surface area contributed by atoms with E-state index >= 15 is 0 Å². The summed E-state index contributed by atoms with van der Waals surface area (Å²) in [7, 11) is 1.38. The van der Waals surface area contributed by atoms with Crippen LogP contribution in [0.1, 0.15) is 12.8 Å². The van der Waals surface area contributed by atoms with Crippen LogP contribution in [-0.2, 0) is 9.53 Å². The van der Waals surface area contributed by atoms with Crippen molar-refractivity contribution >= 4 is 5.97 Å². The fraction of sp³-hybridized carbons (Fsp3) is 0.571. The van der Waals surface area contributed by atoms with E-state index < -0.39 is 0 Å². The van der Waals surface area contributed by atoms with Crippen molar-refractivity contribution in [1.82, 2.24) is 0 Å². The predicted molar refractivity (Wildman–Crippen MR) is 35.5 cm³/mol. The maximum atomic E-state index is 10.7. The molecule has 1 rings (SSSR count). The molecule has 0 aromatic carbocycles. The van der Waals surface area contributed by atoms with Crippen LogP contribution in [0.5, 0.6) is 0 Å². The molecule has 0 bridgehead atoms. The Kier molecular flexibility index (Phi) is 1.94. The Morgan fingerprint density at radius 2 is 2.40 bits per heavy atom. The average Bonchev–Trinajstić information content (AvgIpc) is 1.85. The van der Waals surface area contributed by atoms with Gasteiger partial charge in [-0.3, -0.25) is 4.79 Å². The van der Waals surface area contributed by atoms with E-state index in [-0.39, 0.29) is 11.9 Å². The van der Waals surface area contributed by atoms with Crippen LogP contribution in [0.2, 0.25) is 0 Å². The minimum Gasteiger partial charge on any atom is -0.516 e. The standard InChI is InChI=1S/C7H10O3/c1-10-7(9)6-2-5(3-6)4-8/h4,6,8H,2-3H2,1H3. The molecule has 10 heavy (non-hydrogen) atoms. The topological polar surface area (TPSA) is 46.5 Å². The molecule has 56 valence electrons. The molecule has 1 saturated carbocycles. The molecule has 0 aromatic heterocycles. The summed E-state index contributed by atoms with van der Waals surface area (Å²) in [5, 5.41) is 8.44. The summed E-state index contributed by atoms with van der Waals surface area (Å²) < 4.78 is 4.50. The van der Waals surface area contributed by atoms with Gasteiger partial charge in [0.15, 0.2) is 0 Å². The first kappa shape index (κ1) is 7.12. The Labute approximate surface area is 59.3 Å². The zero-order valence-electron chi connectivity index (χ0n) is 5.83. The van der Waals surface area contributed by atoms with Crippen molar-refractivity contribution in [3.8, 4) is 0 Å². The summed E-state index contributed by atoms with van der Waals surface area (Å²) in [6.45, 7) is 0. The second-order valence-electron chi connectivity index (χ2n) is 2.42. The zero-order valence-corrected chi connectivity index (χ0v) is 5.83. The molecule has 0 aliphatic heterocycles. The zero-order chi connectivity index (χ0) is 7.56. The lowest BCUT2D eigenvalue weighted by atomic mass is 9.81. The van der Waals surface area contributed by atoms with Crippen molar-refractivity contribution in [3.05, 3.63) is 11.8 Å². The Morgan fingerprint density at radius 1 is 1.80 bits per heavy atom. The maximum Gasteiger partial charge on any atom is 0.309 e. The van der Waals surface area contributed by atoms with Gasteiger partial charge in [-0.05, 0) is 18.4 Å². The number of carbonyl (C=O) groups is 1. The Balaban J connectivity index is 2.32. The molecule has 0 aromatic rings. The van der Waals surface area contributed by atoms with Gasteiger partial charge in [0.1, 0.15) is 0 Å². The van der Waals surface area contributed by atoms with E-state index in [0.717, 1.165) is 11.8 Å². The number of allylic oxidation sites excluding steroid dienone is 1. The number of hydrogen-bond acceptors (Lipinski definition) is 3. The minimum atomic E-state index is -0.175. The highest BCUT2D eigenvalue weighted by Crippen LogP contribution is 2.32. The van der Waals surface area contributed by atoms with E-state index in [1.807, 2.05) is 0 Å². The maximum absolute atomic E-state index is 10.7. The third kappa shape index (κ3) is 1.12. The van der Waals surface area contributed by atoms with Crippen LogP contribution < -0.4 is 0 Å². The summed E-state index contributed by atoms with van der Waals surface area (Å²) in [5.74, 6) is -0.186. The van der Waals surface area contributed by atoms with Crippen molar-refractivity contribution in [2.75, 3.05) is 7.11 Å². The molecule has 3 heteroatoms. The van der Waals surface area contributed by atoms with Gasteiger partial charge in [-0.25, -0.2) is 0 Å². The van der Waals surface area contributed by atoms with Crippen LogP contribution in [0.4, 0.5) is 0 Å². The molecule has 1 aliphatic carbocycles. The van der Waals surface area contributed by atoms with E-state index in [2.05, 4.69) is 4.74 Å². The molecule has 1 aliphatic rings. The number of esters is 1. The number of rotatable bonds is 1. The van der Waals surface area contributed by atoms with Crippen LogP contribution in [0, 0.1) is 5.92 Å². The van der Waals surface area contributed by atoms with Crippen molar-refractivity contribution in [1.29, 1.82) is 0 Å². The summed E-state index contributed by atoms with van der Waals surface area (Å²) in [6.07, 6.45) is 2.38. The highest BCUT2D eigenvalue weighted by Gasteiger charge is 2.30. The number of aliphatic hydroxyl groups excluding tert-OH is 1. The molecule has 1 fully saturated rings. The third-order valence-corrected chi connectivity index (χ3v) is 1.73. The number of hydrogen-bond donors (Lipinski definition) is 1. The highest BCUT2D eigenvalue weighted by atomic mass is 16.5. The third-order valence-electron chi connectivity index (χ3n) is 1.73. The van der Waals surface area contributed by atoms with E-state index in [1.54, 1.807) is 0 Å². The molecular weight excluding hydrogens is 132 g/mol. The van der Waals surface area contributed by atoms with Gasteiger partial charge in [0.05, 0.1) is 19.3 Å². The van der Waals surface area contributed by atoms with Gasteiger partial charge in [-0.1, -0.05) is 0 Å². The molecule has 0 heterocycles. The minimum absolute atomic E-state index is 0.0107. The second kappa shape index (κ2) is 2.73. The van der Waals surface area contributed by atoms with Gasteiger partial charge in [-0.15, -0.1) is 0 Å². The smallest absolute Gasteiger partial charge is 0.309 e. The molecule has 0 unspecified atom stereocenters. The fourth-order valence-electron chi connectivity index (χ4n) is 1.01. The molecular formula is C7H10O3. The number of ether oxygens (including phenoxy) is 1. The Bertz CT molecular complexity index is 164. The summed E-state index contributed by atoms with van der Waals surface area (Å²) in [4.78, 5) is 10.7. The largest absolute Gasteiger partial charge is 0.516 e. The van der Waals surface area contributed by atoms with Crippen LogP contribution >= 0.6 is 0 Å². The lowest BCUT2D eigenvalue weighted by Crippen LogP contribution is -2.25. The van der Waals surface area contributed by atoms with Gasteiger partial charge in [0, 0.05) is 0 Å². The van der Waals surface area contributed by atoms with E-state index in [4.69, 9.17) is 5.11 Å². The summed E-state index contributed by atoms with van der Waals surface area (Å²) in [5.41, 5.74) is 0.926. The first-order chi connectivity index (χ1) is 4.77. The lowest BCUT2D eigenvalue weighted by molar-refractivity contribution is -0.146. The quantitative estimate of drug-likeness (QED) is 0.439. The van der Waals surface area contributed by atoms with Crippen LogP contribution in [-0.4, -0.2) is 18.2 Å². The molecule has 0 atom stereocenters. The Hall–Kier alpha value is -0.990. The first-order valence-corrected chi connectivity index (χ1v) is 3.18. The fourth-order valence-corrected chi connectivity index (χ4v) is 1.01. The molecule has 0 radical (unpaired) electrons. The lowest BCUT2D eigenvalue weighted by Gasteiger charge is -2.25. The SMILES string of the molecule is COC(=O)C1CC(=CO)C1. The van der Waals surface area contributed by atoms with Crippen molar-refractivity contribution in [3.63, 3.8) is 0 Å². The van der Waals surface area contributed by atoms with Crippen molar-refractivity contribution in [2.45, 2.75) is 12.8 Å². The van der Waals surface area contributed by atoms with E-state index in [0.29, 0.717) is 12.8 Å². The van der Waals surface area contributed by atoms with Crippen LogP contribution in [0.25, 0.3) is 0 Å². The summed E-state index contributed by atoms with van der Waals surface area (Å²) >= 11 is 0. The monoisotopic (exact) mass is 142 g/mol. The van der Waals surface area contributed by atoms with Gasteiger partial charge in [0.25, 0.3) is 0 Å². The van der Waals surface area contributed by atoms with E-state index in [1.165, 1.54) is 7.11 Å². The molecule has 0 saturated heterocycles. The van der Waals surface area contributed by atoms with Crippen LogP contribution in [0.15, 0.2) is 11.8 Å². The van der Waals surface area contributed by atoms with Crippen molar-refractivity contribution in [2.24, 2.45) is 5.92 Å². The Morgan fingerprint density at radius 3 is 2.80 bits per heavy atom. The molecule has 0 spiro atoms. The van der Waals surface area contributed by atoms with Crippen molar-refractivity contribution < 1.29 is 14.6 Å². The van der Waals surface area contributed by atoms with Gasteiger partial charge in [-0.2, -0.15) is 0 Å². The molecule has 3 nitrogen and oxygen atoms in total. The van der Waals surface area contributed by atoms with Crippen LogP contribution in [0.3, 0.4) is 0 Å². The number of aliphatic hydroxyl groups is 1. The molecule has 0 amide bonds. The highest BCUT2D eigenvalue weighted by molar-refractivity contribution is 5.74. The average molecular weight is 142 g/mol. The van der Waals surface area contributed by atoms with Gasteiger partial charge >= 0.3 is 5.97 Å². The van der Waals surface area contributed by atoms with Gasteiger partial charge in [0.2, 0.25) is 0 Å². The number of carbonyl (C=O) groups excluding carboxylic acids is 1. The van der Waals surface area contributed by atoms with Gasteiger partial charge < -0.3 is 9.84 Å².